The van der Waals surface area contributed by atoms with Crippen LogP contribution in [-0.4, -0.2) is 19.3 Å². The van der Waals surface area contributed by atoms with E-state index in [9.17, 15) is 0 Å². The van der Waals surface area contributed by atoms with Crippen LogP contribution < -0.4 is 10.5 Å². The Labute approximate surface area is 110 Å². The van der Waals surface area contributed by atoms with Gasteiger partial charge in [0.25, 0.3) is 0 Å². The van der Waals surface area contributed by atoms with Gasteiger partial charge >= 0.3 is 0 Å². The Bertz CT molecular complexity index is 410. The summed E-state index contributed by atoms with van der Waals surface area (Å²) in [5.41, 5.74) is 7.03. The maximum atomic E-state index is 6.24. The third kappa shape index (κ3) is 2.49. The molecule has 1 heterocycles. The highest BCUT2D eigenvalue weighted by molar-refractivity contribution is 9.10. The summed E-state index contributed by atoms with van der Waals surface area (Å²) in [6, 6.07) is 5.99. The van der Waals surface area contributed by atoms with Gasteiger partial charge in [0.2, 0.25) is 0 Å². The van der Waals surface area contributed by atoms with E-state index in [1.165, 1.54) is 0 Å². The topological polar surface area (TPSA) is 44.5 Å². The van der Waals surface area contributed by atoms with Gasteiger partial charge in [0, 0.05) is 29.6 Å². The zero-order valence-corrected chi connectivity index (χ0v) is 11.8. The maximum Gasteiger partial charge on any atom is 0.134 e. The molecule has 3 nitrogen and oxygen atoms in total. The lowest BCUT2D eigenvalue weighted by molar-refractivity contribution is -0.0337. The monoisotopic (exact) mass is 299 g/mol. The van der Waals surface area contributed by atoms with Gasteiger partial charge in [0.05, 0.1) is 6.61 Å². The van der Waals surface area contributed by atoms with Crippen molar-refractivity contribution in [3.63, 3.8) is 0 Å². The lowest BCUT2D eigenvalue weighted by atomic mass is 9.86. The van der Waals surface area contributed by atoms with Gasteiger partial charge in [-0.25, -0.2) is 0 Å². The molecular formula is C13H18BrNO2. The summed E-state index contributed by atoms with van der Waals surface area (Å²) in [5.74, 6) is 0.880. The molecule has 4 heteroatoms. The number of ether oxygens (including phenoxy) is 2. The second kappa shape index (κ2) is 4.96. The van der Waals surface area contributed by atoms with Crippen molar-refractivity contribution in [2.24, 2.45) is 5.73 Å². The van der Waals surface area contributed by atoms with E-state index in [1.807, 2.05) is 18.2 Å². The Balaban J connectivity index is 2.35. The summed E-state index contributed by atoms with van der Waals surface area (Å²) in [5, 5.41) is 0. The van der Waals surface area contributed by atoms with Crippen molar-refractivity contribution in [1.82, 2.24) is 0 Å². The van der Waals surface area contributed by atoms with E-state index in [1.54, 1.807) is 7.11 Å². The SMILES string of the molecule is CCC1(COC)C[C@H](N)c2cc(Br)ccc2O1. The van der Waals surface area contributed by atoms with Gasteiger partial charge in [-0.05, 0) is 24.6 Å². The molecule has 0 spiro atoms. The predicted octanol–water partition coefficient (Wildman–Crippen LogP) is 3.03. The highest BCUT2D eigenvalue weighted by Crippen LogP contribution is 2.41. The van der Waals surface area contributed by atoms with Crippen molar-refractivity contribution in [2.45, 2.75) is 31.4 Å². The Kier molecular flexibility index (Phi) is 3.76. The van der Waals surface area contributed by atoms with Crippen molar-refractivity contribution < 1.29 is 9.47 Å². The second-order valence-electron chi connectivity index (χ2n) is 4.56. The molecule has 1 unspecified atom stereocenters. The van der Waals surface area contributed by atoms with Crippen LogP contribution in [0.2, 0.25) is 0 Å². The van der Waals surface area contributed by atoms with Crippen LogP contribution in [0.4, 0.5) is 0 Å². The zero-order valence-electron chi connectivity index (χ0n) is 10.2. The van der Waals surface area contributed by atoms with Crippen LogP contribution in [-0.2, 0) is 4.74 Å². The fourth-order valence-corrected chi connectivity index (χ4v) is 2.74. The smallest absolute Gasteiger partial charge is 0.134 e. The van der Waals surface area contributed by atoms with E-state index >= 15 is 0 Å². The van der Waals surface area contributed by atoms with Crippen molar-refractivity contribution >= 4 is 15.9 Å². The van der Waals surface area contributed by atoms with E-state index in [-0.39, 0.29) is 11.6 Å². The van der Waals surface area contributed by atoms with Crippen LogP contribution in [0.1, 0.15) is 31.4 Å². The van der Waals surface area contributed by atoms with Gasteiger partial charge in [-0.2, -0.15) is 0 Å². The lowest BCUT2D eigenvalue weighted by Crippen LogP contribution is -2.46. The van der Waals surface area contributed by atoms with Crippen LogP contribution in [0.3, 0.4) is 0 Å². The Morgan fingerprint density at radius 2 is 2.35 bits per heavy atom. The van der Waals surface area contributed by atoms with E-state index in [2.05, 4.69) is 22.9 Å². The van der Waals surface area contributed by atoms with E-state index in [0.29, 0.717) is 6.61 Å². The van der Waals surface area contributed by atoms with Crippen LogP contribution >= 0.6 is 15.9 Å². The molecule has 94 valence electrons. The highest BCUT2D eigenvalue weighted by Gasteiger charge is 2.38. The molecule has 2 N–H and O–H groups in total. The average molecular weight is 300 g/mol. The van der Waals surface area contributed by atoms with Crippen molar-refractivity contribution in [3.8, 4) is 5.75 Å². The van der Waals surface area contributed by atoms with Gasteiger partial charge in [-0.1, -0.05) is 22.9 Å². The van der Waals surface area contributed by atoms with E-state index in [0.717, 1.165) is 28.6 Å². The van der Waals surface area contributed by atoms with Crippen molar-refractivity contribution in [2.75, 3.05) is 13.7 Å². The molecule has 0 aliphatic carbocycles. The van der Waals surface area contributed by atoms with Gasteiger partial charge < -0.3 is 15.2 Å². The number of nitrogens with two attached hydrogens (primary N) is 1. The quantitative estimate of drug-likeness (QED) is 0.933. The highest BCUT2D eigenvalue weighted by atomic mass is 79.9. The van der Waals surface area contributed by atoms with Gasteiger partial charge in [-0.15, -0.1) is 0 Å². The number of benzene rings is 1. The fraction of sp³-hybridized carbons (Fsp3) is 0.538. The summed E-state index contributed by atoms with van der Waals surface area (Å²) < 4.78 is 12.4. The molecule has 1 aliphatic rings. The first kappa shape index (κ1) is 12.9. The molecule has 1 aromatic carbocycles. The van der Waals surface area contributed by atoms with Crippen LogP contribution in [0.25, 0.3) is 0 Å². The Hall–Kier alpha value is -0.580. The van der Waals surface area contributed by atoms with Gasteiger partial charge in [0.15, 0.2) is 0 Å². The second-order valence-corrected chi connectivity index (χ2v) is 5.48. The fourth-order valence-electron chi connectivity index (χ4n) is 2.36. The van der Waals surface area contributed by atoms with Crippen LogP contribution in [0.15, 0.2) is 22.7 Å². The lowest BCUT2D eigenvalue weighted by Gasteiger charge is -2.40. The third-order valence-electron chi connectivity index (χ3n) is 3.34. The molecule has 0 radical (unpaired) electrons. The zero-order chi connectivity index (χ0) is 12.5. The number of halogens is 1. The summed E-state index contributed by atoms with van der Waals surface area (Å²) in [6.45, 7) is 2.68. The van der Waals surface area contributed by atoms with Crippen LogP contribution in [0.5, 0.6) is 5.75 Å². The third-order valence-corrected chi connectivity index (χ3v) is 3.83. The molecule has 1 aliphatic heterocycles. The summed E-state index contributed by atoms with van der Waals surface area (Å²) >= 11 is 3.46. The molecule has 2 rings (SSSR count). The van der Waals surface area contributed by atoms with Crippen molar-refractivity contribution in [1.29, 1.82) is 0 Å². The molecule has 2 atom stereocenters. The van der Waals surface area contributed by atoms with E-state index in [4.69, 9.17) is 15.2 Å². The normalized spacial score (nSPS) is 27.4. The molecule has 0 amide bonds. The molecule has 1 aromatic rings. The number of fused-ring (bicyclic) bond motifs is 1. The first-order chi connectivity index (χ1) is 8.10. The average Bonchev–Trinajstić information content (AvgIpc) is 2.31. The Morgan fingerprint density at radius 1 is 1.59 bits per heavy atom. The van der Waals surface area contributed by atoms with Crippen LogP contribution in [0, 0.1) is 0 Å². The molecule has 0 fully saturated rings. The first-order valence-corrected chi connectivity index (χ1v) is 6.62. The molecule has 0 saturated heterocycles. The summed E-state index contributed by atoms with van der Waals surface area (Å²) in [7, 11) is 1.70. The molecule has 0 saturated carbocycles. The minimum Gasteiger partial charge on any atom is -0.484 e. The number of hydrogen-bond acceptors (Lipinski definition) is 3. The summed E-state index contributed by atoms with van der Waals surface area (Å²) in [4.78, 5) is 0. The first-order valence-electron chi connectivity index (χ1n) is 5.83. The number of hydrogen-bond donors (Lipinski definition) is 1. The molecular weight excluding hydrogens is 282 g/mol. The summed E-state index contributed by atoms with van der Waals surface area (Å²) in [6.07, 6.45) is 1.69. The molecule has 0 bridgehead atoms. The maximum absolute atomic E-state index is 6.24. The standard InChI is InChI=1S/C13H18BrNO2/c1-3-13(8-16-2)7-11(15)10-6-9(14)4-5-12(10)17-13/h4-6,11H,3,7-8,15H2,1-2H3/t11-,13?/m0/s1. The van der Waals surface area contributed by atoms with E-state index < -0.39 is 0 Å². The minimum absolute atomic E-state index is 0.00588. The van der Waals surface area contributed by atoms with Gasteiger partial charge in [-0.3, -0.25) is 0 Å². The predicted molar refractivity (Wildman–Crippen MR) is 71.2 cm³/mol. The van der Waals surface area contributed by atoms with Gasteiger partial charge in [0.1, 0.15) is 11.4 Å². The minimum atomic E-state index is -0.283. The van der Waals surface area contributed by atoms with Crippen molar-refractivity contribution in [3.05, 3.63) is 28.2 Å². The number of rotatable bonds is 3. The Morgan fingerprint density at radius 3 is 3.00 bits per heavy atom. The molecule has 17 heavy (non-hydrogen) atoms. The number of methoxy groups -OCH3 is 1. The largest absolute Gasteiger partial charge is 0.484 e. The molecule has 0 aromatic heterocycles.